The fourth-order valence-corrected chi connectivity index (χ4v) is 1.75. The molecule has 0 aromatic heterocycles. The topological polar surface area (TPSA) is 38.7 Å². The van der Waals surface area contributed by atoms with E-state index >= 15 is 0 Å². The predicted molar refractivity (Wildman–Crippen MR) is 80.0 cm³/mol. The zero-order chi connectivity index (χ0) is 14.4. The van der Waals surface area contributed by atoms with Gasteiger partial charge in [-0.05, 0) is 25.0 Å². The number of aliphatic imine (C=N–C) groups is 1. The number of carbonyl (C=O) groups is 1. The first-order valence-electron chi connectivity index (χ1n) is 6.48. The summed E-state index contributed by atoms with van der Waals surface area (Å²) in [7, 11) is 0. The highest BCUT2D eigenvalue weighted by molar-refractivity contribution is 6.03. The van der Waals surface area contributed by atoms with Crippen LogP contribution in [0.5, 0.6) is 0 Å². The molecule has 0 N–H and O–H groups in total. The summed E-state index contributed by atoms with van der Waals surface area (Å²) in [5.41, 5.74) is 3.70. The van der Waals surface area contributed by atoms with E-state index in [1.54, 1.807) is 6.92 Å². The van der Waals surface area contributed by atoms with Crippen LogP contribution in [0.1, 0.15) is 23.6 Å². The fraction of sp³-hybridized carbons (Fsp3) is 0.176. The van der Waals surface area contributed by atoms with Crippen LogP contribution in [0, 0.1) is 6.92 Å². The van der Waals surface area contributed by atoms with Gasteiger partial charge < -0.3 is 4.74 Å². The normalized spacial score (nSPS) is 11.2. The molecular formula is C17H17NO2. The van der Waals surface area contributed by atoms with Gasteiger partial charge in [0.15, 0.2) is 0 Å². The number of benzene rings is 2. The lowest BCUT2D eigenvalue weighted by Gasteiger charge is -2.03. The average molecular weight is 267 g/mol. The van der Waals surface area contributed by atoms with Crippen LogP contribution in [-0.2, 0) is 11.3 Å². The van der Waals surface area contributed by atoms with Crippen LogP contribution < -0.4 is 0 Å². The molecule has 20 heavy (non-hydrogen) atoms. The highest BCUT2D eigenvalue weighted by atomic mass is 16.5. The lowest BCUT2D eigenvalue weighted by atomic mass is 10.1. The molecule has 0 atom stereocenters. The number of hydrogen-bond donors (Lipinski definition) is 0. The third-order valence-electron chi connectivity index (χ3n) is 2.93. The number of aryl methyl sites for hydroxylation is 1. The SMILES string of the molecule is C/C(=N\C(=O)OCc1ccccc1)c1ccc(C)cc1. The van der Waals surface area contributed by atoms with Crippen molar-refractivity contribution in [2.24, 2.45) is 4.99 Å². The van der Waals surface area contributed by atoms with Crippen LogP contribution in [0.2, 0.25) is 0 Å². The van der Waals surface area contributed by atoms with Crippen molar-refractivity contribution in [3.63, 3.8) is 0 Å². The van der Waals surface area contributed by atoms with Gasteiger partial charge in [-0.3, -0.25) is 0 Å². The quantitative estimate of drug-likeness (QED) is 0.784. The second kappa shape index (κ2) is 6.66. The third-order valence-corrected chi connectivity index (χ3v) is 2.93. The molecule has 0 radical (unpaired) electrons. The minimum Gasteiger partial charge on any atom is -0.443 e. The highest BCUT2D eigenvalue weighted by Gasteiger charge is 2.03. The molecule has 2 aromatic carbocycles. The molecule has 1 amide bonds. The second-order valence-electron chi connectivity index (χ2n) is 4.60. The summed E-state index contributed by atoms with van der Waals surface area (Å²) in [6.07, 6.45) is -0.563. The van der Waals surface area contributed by atoms with Gasteiger partial charge in [0.25, 0.3) is 0 Å². The van der Waals surface area contributed by atoms with Gasteiger partial charge in [0.2, 0.25) is 0 Å². The summed E-state index contributed by atoms with van der Waals surface area (Å²) in [6.45, 7) is 4.06. The Kier molecular flexibility index (Phi) is 4.66. The lowest BCUT2D eigenvalue weighted by Crippen LogP contribution is -2.04. The Morgan fingerprint density at radius 1 is 1.05 bits per heavy atom. The summed E-state index contributed by atoms with van der Waals surface area (Å²) in [6, 6.07) is 17.4. The van der Waals surface area contributed by atoms with E-state index in [-0.39, 0.29) is 6.61 Å². The molecule has 0 bridgehead atoms. The molecule has 102 valence electrons. The largest absolute Gasteiger partial charge is 0.443 e. The number of nitrogens with zero attached hydrogens (tertiary/aromatic N) is 1. The Labute approximate surface area is 118 Å². The monoisotopic (exact) mass is 267 g/mol. The summed E-state index contributed by atoms with van der Waals surface area (Å²) in [4.78, 5) is 15.6. The predicted octanol–water partition coefficient (Wildman–Crippen LogP) is 4.14. The Bertz CT molecular complexity index is 601. The van der Waals surface area contributed by atoms with Crippen molar-refractivity contribution in [2.75, 3.05) is 0 Å². The Morgan fingerprint density at radius 3 is 2.35 bits per heavy atom. The lowest BCUT2D eigenvalue weighted by molar-refractivity contribution is 0.151. The zero-order valence-corrected chi connectivity index (χ0v) is 11.7. The van der Waals surface area contributed by atoms with Gasteiger partial charge >= 0.3 is 6.09 Å². The minimum atomic E-state index is -0.563. The summed E-state index contributed by atoms with van der Waals surface area (Å²) in [5, 5.41) is 0. The van der Waals surface area contributed by atoms with Gasteiger partial charge in [-0.1, -0.05) is 60.2 Å². The molecule has 3 heteroatoms. The van der Waals surface area contributed by atoms with E-state index in [4.69, 9.17) is 4.74 Å². The van der Waals surface area contributed by atoms with Gasteiger partial charge in [0.05, 0.1) is 5.71 Å². The molecule has 0 unspecified atom stereocenters. The number of ether oxygens (including phenoxy) is 1. The van der Waals surface area contributed by atoms with E-state index in [9.17, 15) is 4.79 Å². The first-order valence-corrected chi connectivity index (χ1v) is 6.48. The smallest absolute Gasteiger partial charge is 0.434 e. The fourth-order valence-electron chi connectivity index (χ4n) is 1.75. The van der Waals surface area contributed by atoms with Gasteiger partial charge in [0.1, 0.15) is 6.61 Å². The van der Waals surface area contributed by atoms with E-state index in [2.05, 4.69) is 4.99 Å². The van der Waals surface area contributed by atoms with Crippen molar-refractivity contribution in [2.45, 2.75) is 20.5 Å². The minimum absolute atomic E-state index is 0.240. The maximum absolute atomic E-state index is 11.7. The van der Waals surface area contributed by atoms with Crippen LogP contribution in [0.3, 0.4) is 0 Å². The van der Waals surface area contributed by atoms with Crippen molar-refractivity contribution < 1.29 is 9.53 Å². The maximum atomic E-state index is 11.7. The van der Waals surface area contributed by atoms with Crippen molar-refractivity contribution in [3.8, 4) is 0 Å². The van der Waals surface area contributed by atoms with Crippen LogP contribution in [0.15, 0.2) is 59.6 Å². The van der Waals surface area contributed by atoms with E-state index < -0.39 is 6.09 Å². The molecule has 0 heterocycles. The zero-order valence-electron chi connectivity index (χ0n) is 11.7. The van der Waals surface area contributed by atoms with Crippen molar-refractivity contribution >= 4 is 11.8 Å². The number of carbonyl (C=O) groups excluding carboxylic acids is 1. The molecule has 0 saturated heterocycles. The first-order chi connectivity index (χ1) is 9.65. The van der Waals surface area contributed by atoms with Crippen molar-refractivity contribution in [3.05, 3.63) is 71.3 Å². The molecule has 0 aliphatic rings. The summed E-state index contributed by atoms with van der Waals surface area (Å²) in [5.74, 6) is 0. The van der Waals surface area contributed by atoms with Gasteiger partial charge in [-0.2, -0.15) is 4.99 Å². The molecule has 0 saturated carbocycles. The number of hydrogen-bond acceptors (Lipinski definition) is 2. The first kappa shape index (κ1) is 14.0. The molecule has 2 rings (SSSR count). The van der Waals surface area contributed by atoms with Crippen LogP contribution in [0.25, 0.3) is 0 Å². The summed E-state index contributed by atoms with van der Waals surface area (Å²) >= 11 is 0. The van der Waals surface area contributed by atoms with Gasteiger partial charge in [0, 0.05) is 0 Å². The molecule has 3 nitrogen and oxygen atoms in total. The number of rotatable bonds is 3. The average Bonchev–Trinajstić information content (AvgIpc) is 2.47. The van der Waals surface area contributed by atoms with E-state index in [1.165, 1.54) is 5.56 Å². The van der Waals surface area contributed by atoms with Crippen LogP contribution in [0.4, 0.5) is 4.79 Å². The summed E-state index contributed by atoms with van der Waals surface area (Å²) < 4.78 is 5.12. The van der Waals surface area contributed by atoms with Crippen molar-refractivity contribution in [1.29, 1.82) is 0 Å². The van der Waals surface area contributed by atoms with E-state index in [0.717, 1.165) is 11.1 Å². The number of amides is 1. The van der Waals surface area contributed by atoms with E-state index in [0.29, 0.717) is 5.71 Å². The van der Waals surface area contributed by atoms with Gasteiger partial charge in [-0.15, -0.1) is 0 Å². The Morgan fingerprint density at radius 2 is 1.70 bits per heavy atom. The van der Waals surface area contributed by atoms with Crippen LogP contribution in [-0.4, -0.2) is 11.8 Å². The van der Waals surface area contributed by atoms with Crippen molar-refractivity contribution in [1.82, 2.24) is 0 Å². The highest BCUT2D eigenvalue weighted by Crippen LogP contribution is 2.06. The molecule has 0 aliphatic carbocycles. The molecular weight excluding hydrogens is 250 g/mol. The Balaban J connectivity index is 1.96. The molecule has 0 spiro atoms. The maximum Gasteiger partial charge on any atom is 0.434 e. The Hall–Kier alpha value is -2.42. The second-order valence-corrected chi connectivity index (χ2v) is 4.60. The third kappa shape index (κ3) is 4.05. The van der Waals surface area contributed by atoms with Gasteiger partial charge in [-0.25, -0.2) is 4.79 Å². The molecule has 0 fully saturated rings. The molecule has 0 aliphatic heterocycles. The van der Waals surface area contributed by atoms with E-state index in [1.807, 2.05) is 61.5 Å². The standard InChI is InChI=1S/C17H17NO2/c1-13-8-10-16(11-9-13)14(2)18-17(19)20-12-15-6-4-3-5-7-15/h3-11H,12H2,1-2H3/b18-14+. The molecule has 2 aromatic rings. The van der Waals surface area contributed by atoms with Crippen LogP contribution >= 0.6 is 0 Å².